The molecular weight excluding hydrogens is 244 g/mol. The van der Waals surface area contributed by atoms with Crippen molar-refractivity contribution in [2.45, 2.75) is 0 Å². The summed E-state index contributed by atoms with van der Waals surface area (Å²) in [6.07, 6.45) is 1.82. The number of hydrogen-bond acceptors (Lipinski definition) is 2. The van der Waals surface area contributed by atoms with Crippen molar-refractivity contribution in [3.05, 3.63) is 66.9 Å². The van der Waals surface area contributed by atoms with E-state index in [4.69, 9.17) is 0 Å². The van der Waals surface area contributed by atoms with Crippen LogP contribution in [0.1, 0.15) is 0 Å². The molecule has 0 amide bonds. The number of anilines is 2. The minimum Gasteiger partial charge on any atom is -0.354 e. The summed E-state index contributed by atoms with van der Waals surface area (Å²) in [7, 11) is 0. The van der Waals surface area contributed by atoms with Crippen molar-refractivity contribution in [2.75, 3.05) is 5.32 Å². The first-order valence-electron chi connectivity index (χ1n) is 5.59. The molecule has 0 saturated carbocycles. The molecule has 18 heavy (non-hydrogen) atoms. The lowest BCUT2D eigenvalue weighted by atomic mass is 10.2. The van der Waals surface area contributed by atoms with Gasteiger partial charge in [0.15, 0.2) is 0 Å². The molecular formula is C15H13ClN2. The van der Waals surface area contributed by atoms with Crippen molar-refractivity contribution in [1.82, 2.24) is 4.98 Å². The van der Waals surface area contributed by atoms with Gasteiger partial charge in [0.25, 0.3) is 0 Å². The molecule has 3 rings (SSSR count). The Balaban J connectivity index is 0.00000120. The van der Waals surface area contributed by atoms with Crippen molar-refractivity contribution < 1.29 is 0 Å². The standard InChI is InChI=1S/C15H12N2.ClH/c1-2-8-13(9-3-1)17-14-10-4-6-12-7-5-11-16-15(12)14;/h1-11,17H;1H. The summed E-state index contributed by atoms with van der Waals surface area (Å²) in [4.78, 5) is 4.41. The summed E-state index contributed by atoms with van der Waals surface area (Å²) in [5, 5.41) is 4.53. The average molecular weight is 257 g/mol. The molecule has 0 aliphatic heterocycles. The summed E-state index contributed by atoms with van der Waals surface area (Å²) in [5.74, 6) is 0. The second-order valence-corrected chi connectivity index (χ2v) is 3.87. The van der Waals surface area contributed by atoms with E-state index in [0.717, 1.165) is 22.3 Å². The Morgan fingerprint density at radius 3 is 2.39 bits per heavy atom. The third-order valence-corrected chi connectivity index (χ3v) is 2.69. The molecule has 1 heterocycles. The van der Waals surface area contributed by atoms with E-state index in [1.165, 1.54) is 0 Å². The number of rotatable bonds is 2. The van der Waals surface area contributed by atoms with E-state index in [-0.39, 0.29) is 12.4 Å². The van der Waals surface area contributed by atoms with E-state index in [1.54, 1.807) is 0 Å². The molecule has 2 nitrogen and oxygen atoms in total. The van der Waals surface area contributed by atoms with Gasteiger partial charge < -0.3 is 5.32 Å². The summed E-state index contributed by atoms with van der Waals surface area (Å²) in [5.41, 5.74) is 3.11. The average Bonchev–Trinajstić information content (AvgIpc) is 2.40. The van der Waals surface area contributed by atoms with Crippen LogP contribution in [-0.2, 0) is 0 Å². The van der Waals surface area contributed by atoms with Crippen LogP contribution in [0.2, 0.25) is 0 Å². The van der Waals surface area contributed by atoms with Crippen LogP contribution in [0, 0.1) is 0 Å². The van der Waals surface area contributed by atoms with Gasteiger partial charge in [-0.05, 0) is 24.3 Å². The molecule has 0 aliphatic rings. The summed E-state index contributed by atoms with van der Waals surface area (Å²) < 4.78 is 0. The molecule has 1 N–H and O–H groups in total. The first-order valence-corrected chi connectivity index (χ1v) is 5.59. The quantitative estimate of drug-likeness (QED) is 0.735. The van der Waals surface area contributed by atoms with Gasteiger partial charge in [0.1, 0.15) is 0 Å². The Morgan fingerprint density at radius 1 is 0.778 bits per heavy atom. The number of aromatic nitrogens is 1. The number of nitrogens with zero attached hydrogens (tertiary/aromatic N) is 1. The fourth-order valence-corrected chi connectivity index (χ4v) is 1.88. The van der Waals surface area contributed by atoms with E-state index in [9.17, 15) is 0 Å². The monoisotopic (exact) mass is 256 g/mol. The van der Waals surface area contributed by atoms with E-state index < -0.39 is 0 Å². The SMILES string of the molecule is Cl.c1ccc(Nc2cccc3cccnc23)cc1. The lowest BCUT2D eigenvalue weighted by molar-refractivity contribution is 1.40. The first-order chi connectivity index (χ1) is 8.43. The molecule has 3 heteroatoms. The number of pyridine rings is 1. The third-order valence-electron chi connectivity index (χ3n) is 2.69. The molecule has 0 saturated heterocycles. The van der Waals surface area contributed by atoms with Gasteiger partial charge in [-0.1, -0.05) is 36.4 Å². The van der Waals surface area contributed by atoms with E-state index >= 15 is 0 Å². The maximum Gasteiger partial charge on any atom is 0.0936 e. The molecule has 3 aromatic rings. The predicted molar refractivity (Wildman–Crippen MR) is 78.7 cm³/mol. The second-order valence-electron chi connectivity index (χ2n) is 3.87. The van der Waals surface area contributed by atoms with Crippen molar-refractivity contribution >= 4 is 34.7 Å². The Morgan fingerprint density at radius 2 is 1.56 bits per heavy atom. The largest absolute Gasteiger partial charge is 0.354 e. The fraction of sp³-hybridized carbons (Fsp3) is 0. The molecule has 0 spiro atoms. The minimum absolute atomic E-state index is 0. The molecule has 0 unspecified atom stereocenters. The van der Waals surface area contributed by atoms with Crippen LogP contribution in [0.3, 0.4) is 0 Å². The van der Waals surface area contributed by atoms with E-state index in [1.807, 2.05) is 54.7 Å². The van der Waals surface area contributed by atoms with Gasteiger partial charge in [-0.15, -0.1) is 12.4 Å². The Kier molecular flexibility index (Phi) is 3.80. The summed E-state index contributed by atoms with van der Waals surface area (Å²) in [6.45, 7) is 0. The lowest BCUT2D eigenvalue weighted by Gasteiger charge is -2.08. The maximum absolute atomic E-state index is 4.41. The van der Waals surface area contributed by atoms with Crippen LogP contribution in [0.25, 0.3) is 10.9 Å². The van der Waals surface area contributed by atoms with Gasteiger partial charge in [0.05, 0.1) is 11.2 Å². The first kappa shape index (κ1) is 12.4. The van der Waals surface area contributed by atoms with Crippen molar-refractivity contribution in [2.24, 2.45) is 0 Å². The fourth-order valence-electron chi connectivity index (χ4n) is 1.88. The molecule has 1 aromatic heterocycles. The lowest BCUT2D eigenvalue weighted by Crippen LogP contribution is -1.92. The zero-order chi connectivity index (χ0) is 11.5. The van der Waals surface area contributed by atoms with Gasteiger partial charge in [0, 0.05) is 17.3 Å². The van der Waals surface area contributed by atoms with Crippen LogP contribution < -0.4 is 5.32 Å². The zero-order valence-electron chi connectivity index (χ0n) is 9.71. The number of nitrogens with one attached hydrogen (secondary N) is 1. The van der Waals surface area contributed by atoms with Crippen LogP contribution in [0.5, 0.6) is 0 Å². The van der Waals surface area contributed by atoms with Gasteiger partial charge in [-0.25, -0.2) is 0 Å². The highest BCUT2D eigenvalue weighted by Gasteiger charge is 2.00. The number of hydrogen-bond donors (Lipinski definition) is 1. The highest BCUT2D eigenvalue weighted by atomic mass is 35.5. The van der Waals surface area contributed by atoms with Crippen LogP contribution in [-0.4, -0.2) is 4.98 Å². The third kappa shape index (κ3) is 2.44. The number of para-hydroxylation sites is 2. The summed E-state index contributed by atoms with van der Waals surface area (Å²) in [6, 6.07) is 20.3. The number of halogens is 1. The Labute approximate surface area is 112 Å². The van der Waals surface area contributed by atoms with Crippen LogP contribution in [0.4, 0.5) is 11.4 Å². The highest BCUT2D eigenvalue weighted by molar-refractivity contribution is 5.91. The number of benzene rings is 2. The maximum atomic E-state index is 4.41. The molecule has 0 fully saturated rings. The normalized spacial score (nSPS) is 9.78. The second kappa shape index (κ2) is 5.52. The Bertz CT molecular complexity index is 633. The molecule has 0 atom stereocenters. The topological polar surface area (TPSA) is 24.9 Å². The molecule has 2 aromatic carbocycles. The molecule has 0 radical (unpaired) electrons. The molecule has 90 valence electrons. The number of fused-ring (bicyclic) bond motifs is 1. The van der Waals surface area contributed by atoms with Gasteiger partial charge in [-0.2, -0.15) is 0 Å². The minimum atomic E-state index is 0. The Hall–Kier alpha value is -2.06. The van der Waals surface area contributed by atoms with Crippen LogP contribution >= 0.6 is 12.4 Å². The van der Waals surface area contributed by atoms with Crippen molar-refractivity contribution in [3.8, 4) is 0 Å². The smallest absolute Gasteiger partial charge is 0.0936 e. The van der Waals surface area contributed by atoms with E-state index in [0.29, 0.717) is 0 Å². The van der Waals surface area contributed by atoms with Crippen molar-refractivity contribution in [3.63, 3.8) is 0 Å². The van der Waals surface area contributed by atoms with Gasteiger partial charge in [0.2, 0.25) is 0 Å². The van der Waals surface area contributed by atoms with Crippen LogP contribution in [0.15, 0.2) is 66.9 Å². The zero-order valence-corrected chi connectivity index (χ0v) is 10.5. The predicted octanol–water partition coefficient (Wildman–Crippen LogP) is 4.40. The van der Waals surface area contributed by atoms with Crippen molar-refractivity contribution in [1.29, 1.82) is 0 Å². The molecule has 0 aliphatic carbocycles. The van der Waals surface area contributed by atoms with E-state index in [2.05, 4.69) is 22.4 Å². The molecule has 0 bridgehead atoms. The van der Waals surface area contributed by atoms with Gasteiger partial charge in [-0.3, -0.25) is 4.98 Å². The van der Waals surface area contributed by atoms with Gasteiger partial charge >= 0.3 is 0 Å². The highest BCUT2D eigenvalue weighted by Crippen LogP contribution is 2.24. The summed E-state index contributed by atoms with van der Waals surface area (Å²) >= 11 is 0.